The first-order valence-electron chi connectivity index (χ1n) is 10.2. The highest BCUT2D eigenvalue weighted by molar-refractivity contribution is 5.69. The molecule has 1 unspecified atom stereocenters. The summed E-state index contributed by atoms with van der Waals surface area (Å²) in [5.74, 6) is 0.471. The van der Waals surface area contributed by atoms with E-state index in [0.717, 1.165) is 25.9 Å². The second-order valence-corrected chi connectivity index (χ2v) is 6.46. The minimum Gasteiger partial charge on any atom is -0.463 e. The molecule has 0 heterocycles. The van der Waals surface area contributed by atoms with Crippen LogP contribution in [0.4, 0.5) is 0 Å². The van der Waals surface area contributed by atoms with Gasteiger partial charge in [-0.2, -0.15) is 0 Å². The Kier molecular flexibility index (Phi) is 20.1. The van der Waals surface area contributed by atoms with Crippen molar-refractivity contribution in [3.63, 3.8) is 0 Å². The van der Waals surface area contributed by atoms with E-state index >= 15 is 0 Å². The van der Waals surface area contributed by atoms with E-state index in [1.807, 2.05) is 0 Å². The summed E-state index contributed by atoms with van der Waals surface area (Å²) in [5.41, 5.74) is 0. The van der Waals surface area contributed by atoms with Crippen LogP contribution in [0.5, 0.6) is 0 Å². The molecule has 26 heavy (non-hydrogen) atoms. The van der Waals surface area contributed by atoms with E-state index in [1.54, 1.807) is 0 Å². The van der Waals surface area contributed by atoms with Crippen LogP contribution in [0.2, 0.25) is 0 Å². The highest BCUT2D eigenvalue weighted by Crippen LogP contribution is 2.03. The Morgan fingerprint density at radius 2 is 1.27 bits per heavy atom. The summed E-state index contributed by atoms with van der Waals surface area (Å²) in [6.07, 6.45) is 5.99. The highest BCUT2D eigenvalue weighted by atomic mass is 16.6. The number of carbonyl (C=O) groups excluding carboxylic acids is 1. The molecule has 0 aliphatic heterocycles. The van der Waals surface area contributed by atoms with E-state index in [2.05, 4.69) is 20.8 Å². The Labute approximate surface area is 159 Å². The van der Waals surface area contributed by atoms with Crippen molar-refractivity contribution in [1.82, 2.24) is 0 Å². The van der Waals surface area contributed by atoms with Crippen molar-refractivity contribution in [2.75, 3.05) is 59.5 Å². The van der Waals surface area contributed by atoms with Gasteiger partial charge in [-0.25, -0.2) is 0 Å². The lowest BCUT2D eigenvalue weighted by Crippen LogP contribution is -2.15. The number of hydrogen-bond donors (Lipinski definition) is 0. The van der Waals surface area contributed by atoms with E-state index in [1.165, 1.54) is 12.8 Å². The van der Waals surface area contributed by atoms with Gasteiger partial charge in [0.05, 0.1) is 46.2 Å². The van der Waals surface area contributed by atoms with Gasteiger partial charge in [0.1, 0.15) is 6.61 Å². The third-order valence-electron chi connectivity index (χ3n) is 3.94. The van der Waals surface area contributed by atoms with Crippen LogP contribution in [0.15, 0.2) is 0 Å². The van der Waals surface area contributed by atoms with Gasteiger partial charge in [-0.15, -0.1) is 0 Å². The second kappa shape index (κ2) is 20.6. The molecule has 0 aliphatic carbocycles. The summed E-state index contributed by atoms with van der Waals surface area (Å²) in [5, 5.41) is 0. The van der Waals surface area contributed by atoms with Crippen molar-refractivity contribution in [2.45, 2.75) is 59.3 Å². The van der Waals surface area contributed by atoms with Gasteiger partial charge in [0.15, 0.2) is 0 Å². The number of hydrogen-bond acceptors (Lipinski definition) is 6. The van der Waals surface area contributed by atoms with E-state index < -0.39 is 0 Å². The SMILES string of the molecule is CCCCCCC(=O)OCCOCCOCCOCCOCC(C)CC. The van der Waals surface area contributed by atoms with Gasteiger partial charge in [-0.1, -0.05) is 46.5 Å². The van der Waals surface area contributed by atoms with E-state index in [0.29, 0.717) is 65.2 Å². The molecule has 0 aromatic heterocycles. The maximum atomic E-state index is 11.4. The fraction of sp³-hybridized carbons (Fsp3) is 0.950. The maximum absolute atomic E-state index is 11.4. The van der Waals surface area contributed by atoms with E-state index in [-0.39, 0.29) is 5.97 Å². The van der Waals surface area contributed by atoms with Crippen LogP contribution in [0, 0.1) is 5.92 Å². The van der Waals surface area contributed by atoms with Crippen LogP contribution < -0.4 is 0 Å². The summed E-state index contributed by atoms with van der Waals surface area (Å²) in [7, 11) is 0. The minimum atomic E-state index is -0.133. The fourth-order valence-electron chi connectivity index (χ4n) is 2.04. The zero-order valence-electron chi connectivity index (χ0n) is 17.1. The molecule has 0 N–H and O–H groups in total. The average Bonchev–Trinajstić information content (AvgIpc) is 2.65. The molecule has 1 atom stereocenters. The first-order chi connectivity index (χ1) is 12.7. The van der Waals surface area contributed by atoms with Gasteiger partial charge in [0.25, 0.3) is 0 Å². The van der Waals surface area contributed by atoms with Gasteiger partial charge in [-0.05, 0) is 12.3 Å². The largest absolute Gasteiger partial charge is 0.463 e. The standard InChI is InChI=1S/C20H40O6/c1-4-6-7-8-9-20(21)26-17-16-24-13-12-22-10-11-23-14-15-25-18-19(3)5-2/h19H,4-18H2,1-3H3. The molecule has 0 spiro atoms. The molecule has 0 aromatic carbocycles. The van der Waals surface area contributed by atoms with Crippen molar-refractivity contribution in [3.8, 4) is 0 Å². The average molecular weight is 377 g/mol. The summed E-state index contributed by atoms with van der Waals surface area (Å²) in [6.45, 7) is 11.3. The third kappa shape index (κ3) is 19.6. The monoisotopic (exact) mass is 376 g/mol. The first kappa shape index (κ1) is 25.3. The lowest BCUT2D eigenvalue weighted by Gasteiger charge is -2.10. The molecule has 0 fully saturated rings. The minimum absolute atomic E-state index is 0.133. The summed E-state index contributed by atoms with van der Waals surface area (Å²) in [4.78, 5) is 11.4. The predicted octanol–water partition coefficient (Wildman–Crippen LogP) is 3.61. The molecule has 0 aliphatic rings. The normalized spacial score (nSPS) is 12.3. The first-order valence-corrected chi connectivity index (χ1v) is 10.2. The van der Waals surface area contributed by atoms with Crippen molar-refractivity contribution in [2.24, 2.45) is 5.92 Å². The Morgan fingerprint density at radius 1 is 0.731 bits per heavy atom. The zero-order valence-corrected chi connectivity index (χ0v) is 17.1. The number of carbonyl (C=O) groups is 1. The Hall–Kier alpha value is -0.690. The van der Waals surface area contributed by atoms with Crippen LogP contribution in [-0.2, 0) is 28.5 Å². The Morgan fingerprint density at radius 3 is 1.81 bits per heavy atom. The fourth-order valence-corrected chi connectivity index (χ4v) is 2.04. The van der Waals surface area contributed by atoms with Gasteiger partial charge >= 0.3 is 5.97 Å². The maximum Gasteiger partial charge on any atom is 0.305 e. The summed E-state index contributed by atoms with van der Waals surface area (Å²) >= 11 is 0. The van der Waals surface area contributed by atoms with Crippen LogP contribution in [0.3, 0.4) is 0 Å². The van der Waals surface area contributed by atoms with Gasteiger partial charge in [0.2, 0.25) is 0 Å². The van der Waals surface area contributed by atoms with Crippen molar-refractivity contribution >= 4 is 5.97 Å². The molecule has 0 saturated heterocycles. The number of esters is 1. The quantitative estimate of drug-likeness (QED) is 0.239. The van der Waals surface area contributed by atoms with Crippen LogP contribution in [0.25, 0.3) is 0 Å². The van der Waals surface area contributed by atoms with Crippen LogP contribution >= 0.6 is 0 Å². The third-order valence-corrected chi connectivity index (χ3v) is 3.94. The number of unbranched alkanes of at least 4 members (excludes halogenated alkanes) is 3. The zero-order chi connectivity index (χ0) is 19.3. The van der Waals surface area contributed by atoms with Crippen LogP contribution in [0.1, 0.15) is 59.3 Å². The molecule has 0 saturated carbocycles. The Balaban J connectivity index is 3.12. The van der Waals surface area contributed by atoms with Crippen molar-refractivity contribution in [1.29, 1.82) is 0 Å². The molecule has 0 bridgehead atoms. The molecule has 0 aromatic rings. The van der Waals surface area contributed by atoms with E-state index in [4.69, 9.17) is 23.7 Å². The molecular weight excluding hydrogens is 336 g/mol. The van der Waals surface area contributed by atoms with Gasteiger partial charge < -0.3 is 23.7 Å². The number of rotatable bonds is 20. The molecular formula is C20H40O6. The molecule has 0 radical (unpaired) electrons. The van der Waals surface area contributed by atoms with Crippen molar-refractivity contribution in [3.05, 3.63) is 0 Å². The Bertz CT molecular complexity index is 298. The molecule has 6 nitrogen and oxygen atoms in total. The summed E-state index contributed by atoms with van der Waals surface area (Å²) in [6, 6.07) is 0. The van der Waals surface area contributed by atoms with E-state index in [9.17, 15) is 4.79 Å². The lowest BCUT2D eigenvalue weighted by molar-refractivity contribution is -0.145. The van der Waals surface area contributed by atoms with Gasteiger partial charge in [0, 0.05) is 13.0 Å². The molecule has 156 valence electrons. The van der Waals surface area contributed by atoms with Crippen LogP contribution in [-0.4, -0.2) is 65.4 Å². The molecule has 0 rings (SSSR count). The topological polar surface area (TPSA) is 63.2 Å². The molecule has 6 heteroatoms. The predicted molar refractivity (Wildman–Crippen MR) is 102 cm³/mol. The van der Waals surface area contributed by atoms with Gasteiger partial charge in [-0.3, -0.25) is 4.79 Å². The smallest absolute Gasteiger partial charge is 0.305 e. The highest BCUT2D eigenvalue weighted by Gasteiger charge is 2.02. The summed E-state index contributed by atoms with van der Waals surface area (Å²) < 4.78 is 26.8. The molecule has 0 amide bonds. The lowest BCUT2D eigenvalue weighted by atomic mass is 10.1. The second-order valence-electron chi connectivity index (χ2n) is 6.46. The number of ether oxygens (including phenoxy) is 5. The van der Waals surface area contributed by atoms with Crippen molar-refractivity contribution < 1.29 is 28.5 Å².